The zero-order chi connectivity index (χ0) is 13.9. The largest absolute Gasteiger partial charge is 0.491 e. The first-order chi connectivity index (χ1) is 9.76. The summed E-state index contributed by atoms with van der Waals surface area (Å²) in [6.07, 6.45) is 3.48. The molecule has 0 spiro atoms. The lowest BCUT2D eigenvalue weighted by atomic mass is 10.0. The number of hydrogen-bond acceptors (Lipinski definition) is 3. The average molecular weight is 275 g/mol. The first-order valence-electron chi connectivity index (χ1n) is 7.29. The molecule has 1 amide bonds. The Morgan fingerprint density at radius 1 is 1.25 bits per heavy atom. The fraction of sp³-hybridized carbons (Fsp3) is 0.562. The van der Waals surface area contributed by atoms with Crippen molar-refractivity contribution in [3.05, 3.63) is 24.3 Å². The lowest BCUT2D eigenvalue weighted by Crippen LogP contribution is -2.21. The van der Waals surface area contributed by atoms with Crippen LogP contribution in [0.5, 0.6) is 5.75 Å². The summed E-state index contributed by atoms with van der Waals surface area (Å²) < 4.78 is 10.5. The normalized spacial score (nSPS) is 26.9. The fourth-order valence-corrected chi connectivity index (χ4v) is 3.08. The standard InChI is InChI=1S/C16H21NO3/c1-19-5-6-20-15-4-2-3-14(10-15)17-16(18)13-8-11-7-12(11)9-13/h2-4,10-13H,5-9H2,1H3,(H,17,18). The van der Waals surface area contributed by atoms with Gasteiger partial charge in [0.1, 0.15) is 12.4 Å². The molecule has 2 saturated carbocycles. The molecule has 1 aromatic rings. The van der Waals surface area contributed by atoms with Crippen molar-refractivity contribution in [2.24, 2.45) is 17.8 Å². The van der Waals surface area contributed by atoms with Crippen LogP contribution in [0.1, 0.15) is 19.3 Å². The van der Waals surface area contributed by atoms with Gasteiger partial charge in [0, 0.05) is 24.8 Å². The second-order valence-corrected chi connectivity index (χ2v) is 5.78. The molecule has 0 aliphatic heterocycles. The maximum Gasteiger partial charge on any atom is 0.227 e. The van der Waals surface area contributed by atoms with Crippen LogP contribution in [-0.2, 0) is 9.53 Å². The zero-order valence-corrected chi connectivity index (χ0v) is 11.8. The van der Waals surface area contributed by atoms with E-state index in [2.05, 4.69) is 5.32 Å². The molecule has 4 nitrogen and oxygen atoms in total. The van der Waals surface area contributed by atoms with Gasteiger partial charge in [-0.3, -0.25) is 4.79 Å². The second-order valence-electron chi connectivity index (χ2n) is 5.78. The Bertz CT molecular complexity index is 478. The Hall–Kier alpha value is -1.55. The summed E-state index contributed by atoms with van der Waals surface area (Å²) >= 11 is 0. The predicted octanol–water partition coefficient (Wildman–Crippen LogP) is 2.70. The quantitative estimate of drug-likeness (QED) is 0.812. The smallest absolute Gasteiger partial charge is 0.227 e. The van der Waals surface area contributed by atoms with Gasteiger partial charge in [-0.05, 0) is 43.2 Å². The molecule has 0 radical (unpaired) electrons. The Morgan fingerprint density at radius 2 is 2.05 bits per heavy atom. The van der Waals surface area contributed by atoms with Crippen molar-refractivity contribution < 1.29 is 14.3 Å². The van der Waals surface area contributed by atoms with Crippen molar-refractivity contribution in [3.8, 4) is 5.75 Å². The van der Waals surface area contributed by atoms with Crippen LogP contribution in [0.25, 0.3) is 0 Å². The number of carbonyl (C=O) groups excluding carboxylic acids is 1. The number of hydrogen-bond donors (Lipinski definition) is 1. The number of fused-ring (bicyclic) bond motifs is 1. The van der Waals surface area contributed by atoms with Crippen LogP contribution in [0.3, 0.4) is 0 Å². The molecule has 0 bridgehead atoms. The molecular formula is C16H21NO3. The highest BCUT2D eigenvalue weighted by Crippen LogP contribution is 2.54. The van der Waals surface area contributed by atoms with Gasteiger partial charge in [-0.2, -0.15) is 0 Å². The summed E-state index contributed by atoms with van der Waals surface area (Å²) in [5.74, 6) is 2.78. The van der Waals surface area contributed by atoms with E-state index in [0.717, 1.165) is 36.1 Å². The van der Waals surface area contributed by atoms with Crippen molar-refractivity contribution in [2.75, 3.05) is 25.6 Å². The molecule has 0 heterocycles. The third kappa shape index (κ3) is 3.12. The van der Waals surface area contributed by atoms with Gasteiger partial charge in [0.25, 0.3) is 0 Å². The highest BCUT2D eigenvalue weighted by molar-refractivity contribution is 5.93. The molecule has 2 atom stereocenters. The molecule has 0 saturated heterocycles. The molecule has 2 aliphatic carbocycles. The molecule has 20 heavy (non-hydrogen) atoms. The highest BCUT2D eigenvalue weighted by Gasteiger charge is 2.47. The molecule has 2 fully saturated rings. The van der Waals surface area contributed by atoms with Crippen LogP contribution in [0.2, 0.25) is 0 Å². The van der Waals surface area contributed by atoms with Gasteiger partial charge in [-0.25, -0.2) is 0 Å². The van der Waals surface area contributed by atoms with Gasteiger partial charge in [-0.15, -0.1) is 0 Å². The SMILES string of the molecule is COCCOc1cccc(NC(=O)C2CC3CC3C2)c1. The average Bonchev–Trinajstić information content (AvgIpc) is 3.06. The first kappa shape index (κ1) is 13.4. The first-order valence-corrected chi connectivity index (χ1v) is 7.29. The fourth-order valence-electron chi connectivity index (χ4n) is 3.08. The van der Waals surface area contributed by atoms with Crippen molar-refractivity contribution in [1.82, 2.24) is 0 Å². The Balaban J connectivity index is 1.53. The Kier molecular flexibility index (Phi) is 3.92. The number of ether oxygens (including phenoxy) is 2. The molecular weight excluding hydrogens is 254 g/mol. The molecule has 108 valence electrons. The second kappa shape index (κ2) is 5.83. The Labute approximate surface area is 119 Å². The summed E-state index contributed by atoms with van der Waals surface area (Å²) in [6.45, 7) is 1.07. The lowest BCUT2D eigenvalue weighted by molar-refractivity contribution is -0.120. The van der Waals surface area contributed by atoms with E-state index >= 15 is 0 Å². The van der Waals surface area contributed by atoms with Gasteiger partial charge >= 0.3 is 0 Å². The maximum absolute atomic E-state index is 12.2. The van der Waals surface area contributed by atoms with Crippen molar-refractivity contribution in [3.63, 3.8) is 0 Å². The summed E-state index contributed by atoms with van der Waals surface area (Å²) in [5, 5.41) is 3.01. The minimum Gasteiger partial charge on any atom is -0.491 e. The summed E-state index contributed by atoms with van der Waals surface area (Å²) in [4.78, 5) is 12.2. The van der Waals surface area contributed by atoms with Gasteiger partial charge in [0.2, 0.25) is 5.91 Å². The van der Waals surface area contributed by atoms with E-state index in [1.807, 2.05) is 24.3 Å². The van der Waals surface area contributed by atoms with Crippen LogP contribution in [0, 0.1) is 17.8 Å². The number of rotatable bonds is 6. The number of anilines is 1. The van der Waals surface area contributed by atoms with Crippen molar-refractivity contribution in [1.29, 1.82) is 0 Å². The molecule has 4 heteroatoms. The minimum absolute atomic E-state index is 0.159. The van der Waals surface area contributed by atoms with Crippen LogP contribution in [-0.4, -0.2) is 26.2 Å². The number of amides is 1. The molecule has 2 unspecified atom stereocenters. The minimum atomic E-state index is 0.159. The zero-order valence-electron chi connectivity index (χ0n) is 11.8. The monoisotopic (exact) mass is 275 g/mol. The topological polar surface area (TPSA) is 47.6 Å². The van der Waals surface area contributed by atoms with Gasteiger partial charge in [-0.1, -0.05) is 6.07 Å². The molecule has 1 aromatic carbocycles. The van der Waals surface area contributed by atoms with E-state index < -0.39 is 0 Å². The summed E-state index contributed by atoms with van der Waals surface area (Å²) in [7, 11) is 1.65. The Morgan fingerprint density at radius 3 is 2.80 bits per heavy atom. The van der Waals surface area contributed by atoms with Crippen LogP contribution < -0.4 is 10.1 Å². The van der Waals surface area contributed by atoms with Gasteiger partial charge < -0.3 is 14.8 Å². The van der Waals surface area contributed by atoms with Crippen LogP contribution in [0.4, 0.5) is 5.69 Å². The maximum atomic E-state index is 12.2. The molecule has 2 aliphatic rings. The third-order valence-electron chi connectivity index (χ3n) is 4.27. The van der Waals surface area contributed by atoms with Crippen LogP contribution >= 0.6 is 0 Å². The van der Waals surface area contributed by atoms with Gasteiger partial charge in [0.15, 0.2) is 0 Å². The number of benzene rings is 1. The van der Waals surface area contributed by atoms with E-state index in [1.165, 1.54) is 6.42 Å². The van der Waals surface area contributed by atoms with E-state index in [4.69, 9.17) is 9.47 Å². The highest BCUT2D eigenvalue weighted by atomic mass is 16.5. The van der Waals surface area contributed by atoms with E-state index in [0.29, 0.717) is 13.2 Å². The summed E-state index contributed by atoms with van der Waals surface area (Å²) in [5.41, 5.74) is 0.811. The predicted molar refractivity (Wildman–Crippen MR) is 76.8 cm³/mol. The number of nitrogens with one attached hydrogen (secondary N) is 1. The van der Waals surface area contributed by atoms with Crippen molar-refractivity contribution >= 4 is 11.6 Å². The third-order valence-corrected chi connectivity index (χ3v) is 4.27. The molecule has 3 rings (SSSR count). The summed E-state index contributed by atoms with van der Waals surface area (Å²) in [6, 6.07) is 7.54. The number of methoxy groups -OCH3 is 1. The van der Waals surface area contributed by atoms with E-state index in [9.17, 15) is 4.79 Å². The lowest BCUT2D eigenvalue weighted by Gasteiger charge is -2.13. The van der Waals surface area contributed by atoms with Crippen LogP contribution in [0.15, 0.2) is 24.3 Å². The number of carbonyl (C=O) groups is 1. The van der Waals surface area contributed by atoms with Crippen molar-refractivity contribution in [2.45, 2.75) is 19.3 Å². The molecule has 0 aromatic heterocycles. The van der Waals surface area contributed by atoms with E-state index in [1.54, 1.807) is 7.11 Å². The van der Waals surface area contributed by atoms with E-state index in [-0.39, 0.29) is 11.8 Å². The molecule has 1 N–H and O–H groups in total. The van der Waals surface area contributed by atoms with Gasteiger partial charge in [0.05, 0.1) is 6.61 Å².